The largest absolute Gasteiger partial charge is 0.328 e. The van der Waals surface area contributed by atoms with Crippen LogP contribution < -0.4 is 5.73 Å². The summed E-state index contributed by atoms with van der Waals surface area (Å²) in [5, 5.41) is 0. The number of halogens is 1. The van der Waals surface area contributed by atoms with Crippen molar-refractivity contribution < 1.29 is 4.39 Å². The van der Waals surface area contributed by atoms with Gasteiger partial charge in [0.25, 0.3) is 0 Å². The van der Waals surface area contributed by atoms with Crippen LogP contribution >= 0.6 is 0 Å². The second kappa shape index (κ2) is 7.61. The van der Waals surface area contributed by atoms with Crippen molar-refractivity contribution >= 4 is 0 Å². The maximum atomic E-state index is 14.1. The predicted octanol–water partition coefficient (Wildman–Crippen LogP) is 5.17. The van der Waals surface area contributed by atoms with Crippen molar-refractivity contribution in [2.24, 2.45) is 23.5 Å². The first-order chi connectivity index (χ1) is 11.1. The Hall–Kier alpha value is -1.15. The summed E-state index contributed by atoms with van der Waals surface area (Å²) in [6.07, 6.45) is 14.4. The summed E-state index contributed by atoms with van der Waals surface area (Å²) in [5.41, 5.74) is 7.66. The lowest BCUT2D eigenvalue weighted by molar-refractivity contribution is 0.240. The van der Waals surface area contributed by atoms with Crippen molar-refractivity contribution in [1.82, 2.24) is 0 Å². The number of hydrogen-bond donors (Lipinski definition) is 1. The van der Waals surface area contributed by atoms with Gasteiger partial charge in [0, 0.05) is 6.04 Å². The molecule has 2 heteroatoms. The van der Waals surface area contributed by atoms with Gasteiger partial charge in [-0.1, -0.05) is 30.4 Å². The summed E-state index contributed by atoms with van der Waals surface area (Å²) in [7, 11) is 0. The normalized spacial score (nSPS) is 31.3. The molecule has 126 valence electrons. The Labute approximate surface area is 140 Å². The van der Waals surface area contributed by atoms with Gasteiger partial charge in [0.15, 0.2) is 0 Å². The molecule has 0 amide bonds. The molecule has 0 heterocycles. The first kappa shape index (κ1) is 16.7. The van der Waals surface area contributed by atoms with Crippen LogP contribution in [0.15, 0.2) is 30.4 Å². The molecule has 2 atom stereocenters. The zero-order chi connectivity index (χ0) is 16.2. The van der Waals surface area contributed by atoms with Crippen molar-refractivity contribution in [3.05, 3.63) is 47.3 Å². The summed E-state index contributed by atoms with van der Waals surface area (Å²) in [6, 6.07) is 6.19. The molecule has 0 spiro atoms. The van der Waals surface area contributed by atoms with Crippen LogP contribution in [-0.2, 0) is 6.42 Å². The average Bonchev–Trinajstić information content (AvgIpc) is 2.57. The zero-order valence-electron chi connectivity index (χ0n) is 14.3. The van der Waals surface area contributed by atoms with E-state index in [1.807, 2.05) is 25.1 Å². The molecule has 2 aliphatic rings. The quantitative estimate of drug-likeness (QED) is 0.762. The van der Waals surface area contributed by atoms with Crippen LogP contribution in [0.1, 0.15) is 56.1 Å². The fraction of sp³-hybridized carbons (Fsp3) is 0.619. The summed E-state index contributed by atoms with van der Waals surface area (Å²) in [6.45, 7) is 1.85. The van der Waals surface area contributed by atoms with E-state index in [0.717, 1.165) is 35.8 Å². The minimum atomic E-state index is -0.0105. The summed E-state index contributed by atoms with van der Waals surface area (Å²) < 4.78 is 14.1. The van der Waals surface area contributed by atoms with Crippen LogP contribution in [0.2, 0.25) is 0 Å². The van der Waals surface area contributed by atoms with E-state index in [1.165, 1.54) is 38.5 Å². The zero-order valence-corrected chi connectivity index (χ0v) is 14.3. The molecule has 1 nitrogen and oxygen atoms in total. The highest BCUT2D eigenvalue weighted by Crippen LogP contribution is 2.37. The molecule has 2 unspecified atom stereocenters. The number of benzene rings is 1. The fourth-order valence-electron chi connectivity index (χ4n) is 4.35. The van der Waals surface area contributed by atoms with Gasteiger partial charge in [0.05, 0.1) is 0 Å². The SMILES string of the molecule is Cc1cccc(CCC2C=CC(C3CCC(N)CC3)CC2)c1F. The van der Waals surface area contributed by atoms with Gasteiger partial charge in [0.2, 0.25) is 0 Å². The van der Waals surface area contributed by atoms with E-state index in [2.05, 4.69) is 12.2 Å². The van der Waals surface area contributed by atoms with Crippen molar-refractivity contribution in [3.8, 4) is 0 Å². The van der Waals surface area contributed by atoms with E-state index >= 15 is 0 Å². The average molecular weight is 315 g/mol. The third-order valence-corrected chi connectivity index (χ3v) is 5.98. The van der Waals surface area contributed by atoms with Gasteiger partial charge in [0.1, 0.15) is 5.82 Å². The second-order valence-corrected chi connectivity index (χ2v) is 7.65. The van der Waals surface area contributed by atoms with Crippen molar-refractivity contribution in [3.63, 3.8) is 0 Å². The summed E-state index contributed by atoms with van der Waals surface area (Å²) in [5.74, 6) is 2.22. The minimum Gasteiger partial charge on any atom is -0.328 e. The molecule has 0 radical (unpaired) electrons. The minimum absolute atomic E-state index is 0.0105. The predicted molar refractivity (Wildman–Crippen MR) is 94.7 cm³/mol. The Bertz CT molecular complexity index is 543. The van der Waals surface area contributed by atoms with Crippen LogP contribution in [0, 0.1) is 30.5 Å². The van der Waals surface area contributed by atoms with Crippen LogP contribution in [-0.4, -0.2) is 6.04 Å². The Kier molecular flexibility index (Phi) is 5.53. The molecule has 1 saturated carbocycles. The van der Waals surface area contributed by atoms with E-state index in [0.29, 0.717) is 12.0 Å². The van der Waals surface area contributed by atoms with E-state index in [9.17, 15) is 4.39 Å². The fourth-order valence-corrected chi connectivity index (χ4v) is 4.35. The molecule has 2 aliphatic carbocycles. The number of rotatable bonds is 4. The number of allylic oxidation sites excluding steroid dienone is 2. The number of nitrogens with two attached hydrogens (primary N) is 1. The number of hydrogen-bond acceptors (Lipinski definition) is 1. The van der Waals surface area contributed by atoms with Crippen molar-refractivity contribution in [2.45, 2.75) is 64.3 Å². The molecular formula is C21H30FN. The topological polar surface area (TPSA) is 26.0 Å². The van der Waals surface area contributed by atoms with Gasteiger partial charge in [-0.25, -0.2) is 4.39 Å². The maximum Gasteiger partial charge on any atom is 0.129 e. The van der Waals surface area contributed by atoms with E-state index in [4.69, 9.17) is 5.73 Å². The molecule has 2 N–H and O–H groups in total. The lowest BCUT2D eigenvalue weighted by Crippen LogP contribution is -2.30. The van der Waals surface area contributed by atoms with E-state index in [-0.39, 0.29) is 5.82 Å². The Morgan fingerprint density at radius 3 is 2.52 bits per heavy atom. The van der Waals surface area contributed by atoms with Crippen LogP contribution in [0.5, 0.6) is 0 Å². The monoisotopic (exact) mass is 315 g/mol. The summed E-state index contributed by atoms with van der Waals surface area (Å²) in [4.78, 5) is 0. The van der Waals surface area contributed by atoms with Gasteiger partial charge < -0.3 is 5.73 Å². The van der Waals surface area contributed by atoms with Gasteiger partial charge in [-0.05, 0) is 87.2 Å². The molecule has 0 aliphatic heterocycles. The molecule has 1 aromatic carbocycles. The molecule has 0 aromatic heterocycles. The highest BCUT2D eigenvalue weighted by atomic mass is 19.1. The molecule has 0 saturated heterocycles. The Balaban J connectivity index is 1.50. The first-order valence-corrected chi connectivity index (χ1v) is 9.31. The third-order valence-electron chi connectivity index (χ3n) is 5.98. The highest BCUT2D eigenvalue weighted by molar-refractivity contribution is 5.25. The lowest BCUT2D eigenvalue weighted by atomic mass is 9.73. The van der Waals surface area contributed by atoms with Crippen LogP contribution in [0.4, 0.5) is 4.39 Å². The maximum absolute atomic E-state index is 14.1. The Morgan fingerprint density at radius 2 is 1.83 bits per heavy atom. The van der Waals surface area contributed by atoms with Gasteiger partial charge in [-0.3, -0.25) is 0 Å². The van der Waals surface area contributed by atoms with Gasteiger partial charge in [-0.2, -0.15) is 0 Å². The van der Waals surface area contributed by atoms with Crippen molar-refractivity contribution in [1.29, 1.82) is 0 Å². The molecule has 1 fully saturated rings. The van der Waals surface area contributed by atoms with Gasteiger partial charge in [-0.15, -0.1) is 0 Å². The van der Waals surface area contributed by atoms with Gasteiger partial charge >= 0.3 is 0 Å². The molecule has 1 aromatic rings. The molecule has 23 heavy (non-hydrogen) atoms. The standard InChI is InChI=1S/C21H30FN/c1-15-3-2-4-19(21(15)22)10-7-16-5-8-17(9-6-16)18-11-13-20(23)14-12-18/h2-5,8,16-18,20H,6-7,9-14,23H2,1H3. The van der Waals surface area contributed by atoms with E-state index in [1.54, 1.807) is 0 Å². The number of aryl methyl sites for hydroxylation is 2. The molecule has 3 rings (SSSR count). The molecule has 0 bridgehead atoms. The first-order valence-electron chi connectivity index (χ1n) is 9.31. The third kappa shape index (κ3) is 4.23. The second-order valence-electron chi connectivity index (χ2n) is 7.65. The Morgan fingerprint density at radius 1 is 1.04 bits per heavy atom. The van der Waals surface area contributed by atoms with Crippen LogP contribution in [0.25, 0.3) is 0 Å². The molecular weight excluding hydrogens is 285 g/mol. The lowest BCUT2D eigenvalue weighted by Gasteiger charge is -2.34. The summed E-state index contributed by atoms with van der Waals surface area (Å²) >= 11 is 0. The smallest absolute Gasteiger partial charge is 0.129 e. The van der Waals surface area contributed by atoms with Crippen LogP contribution in [0.3, 0.4) is 0 Å². The van der Waals surface area contributed by atoms with Crippen molar-refractivity contribution in [2.75, 3.05) is 0 Å². The highest BCUT2D eigenvalue weighted by Gasteiger charge is 2.27. The van der Waals surface area contributed by atoms with E-state index < -0.39 is 0 Å².